The molecule has 1 aromatic rings. The van der Waals surface area contributed by atoms with E-state index in [4.69, 9.17) is 10.5 Å². The minimum absolute atomic E-state index is 0.0634. The fraction of sp³-hybridized carbons (Fsp3) is 0.500. The van der Waals surface area contributed by atoms with Crippen LogP contribution in [-0.2, 0) is 5.41 Å². The topological polar surface area (TPSA) is 47.3 Å². The van der Waals surface area contributed by atoms with Gasteiger partial charge in [0.25, 0.3) is 0 Å². The minimum atomic E-state index is 0.0634. The van der Waals surface area contributed by atoms with Gasteiger partial charge in [0.2, 0.25) is 0 Å². The Bertz CT molecular complexity index is 310. The van der Waals surface area contributed by atoms with Crippen LogP contribution in [0.4, 0.5) is 0 Å². The zero-order chi connectivity index (χ0) is 11.3. The number of rotatable bonds is 5. The monoisotopic (exact) mass is 208 g/mol. The van der Waals surface area contributed by atoms with Crippen molar-refractivity contribution >= 4 is 0 Å². The molecule has 0 aliphatic carbocycles. The van der Waals surface area contributed by atoms with E-state index in [0.29, 0.717) is 6.67 Å². The molecular weight excluding hydrogens is 188 g/mol. The van der Waals surface area contributed by atoms with Gasteiger partial charge in [0.05, 0.1) is 7.11 Å². The summed E-state index contributed by atoms with van der Waals surface area (Å²) in [5.41, 5.74) is 6.75. The Labute approximate surface area is 91.6 Å². The van der Waals surface area contributed by atoms with Gasteiger partial charge in [0, 0.05) is 18.6 Å². The summed E-state index contributed by atoms with van der Waals surface area (Å²) in [7, 11) is 1.68. The standard InChI is InChI=1S/C12H20N2O/c1-12(2,8-14-9-13)10-5-4-6-11(7-10)15-3/h4-7,14H,8-9,13H2,1-3H3. The average Bonchev–Trinajstić information content (AvgIpc) is 2.26. The van der Waals surface area contributed by atoms with E-state index in [9.17, 15) is 0 Å². The molecule has 0 bridgehead atoms. The van der Waals surface area contributed by atoms with Gasteiger partial charge >= 0.3 is 0 Å². The van der Waals surface area contributed by atoms with Crippen molar-refractivity contribution in [1.29, 1.82) is 0 Å². The van der Waals surface area contributed by atoms with Gasteiger partial charge in [-0.2, -0.15) is 0 Å². The lowest BCUT2D eigenvalue weighted by Crippen LogP contribution is -2.35. The zero-order valence-electron chi connectivity index (χ0n) is 9.71. The number of hydrogen-bond donors (Lipinski definition) is 2. The number of methoxy groups -OCH3 is 1. The number of nitrogens with one attached hydrogen (secondary N) is 1. The van der Waals surface area contributed by atoms with Crippen LogP contribution in [-0.4, -0.2) is 20.3 Å². The summed E-state index contributed by atoms with van der Waals surface area (Å²) in [6.07, 6.45) is 0. The smallest absolute Gasteiger partial charge is 0.119 e. The quantitative estimate of drug-likeness (QED) is 0.720. The van der Waals surface area contributed by atoms with Gasteiger partial charge < -0.3 is 15.8 Å². The predicted molar refractivity (Wildman–Crippen MR) is 63.1 cm³/mol. The van der Waals surface area contributed by atoms with Crippen molar-refractivity contribution in [3.05, 3.63) is 29.8 Å². The first-order valence-electron chi connectivity index (χ1n) is 5.15. The second-order valence-corrected chi connectivity index (χ2v) is 4.25. The molecule has 0 radical (unpaired) electrons. The van der Waals surface area contributed by atoms with Gasteiger partial charge in [-0.3, -0.25) is 0 Å². The maximum Gasteiger partial charge on any atom is 0.119 e. The summed E-state index contributed by atoms with van der Waals surface area (Å²) >= 11 is 0. The van der Waals surface area contributed by atoms with Crippen molar-refractivity contribution in [1.82, 2.24) is 5.32 Å². The third-order valence-corrected chi connectivity index (χ3v) is 2.56. The molecule has 15 heavy (non-hydrogen) atoms. The molecule has 1 rings (SSSR count). The van der Waals surface area contributed by atoms with Crippen LogP contribution in [0.25, 0.3) is 0 Å². The normalized spacial score (nSPS) is 11.5. The van der Waals surface area contributed by atoms with E-state index in [1.165, 1.54) is 5.56 Å². The fourth-order valence-electron chi connectivity index (χ4n) is 1.53. The molecule has 0 saturated carbocycles. The maximum atomic E-state index is 5.43. The Hall–Kier alpha value is -1.06. The van der Waals surface area contributed by atoms with E-state index in [-0.39, 0.29) is 5.41 Å². The van der Waals surface area contributed by atoms with E-state index < -0.39 is 0 Å². The first-order chi connectivity index (χ1) is 7.10. The summed E-state index contributed by atoms with van der Waals surface area (Å²) in [6.45, 7) is 5.74. The highest BCUT2D eigenvalue weighted by molar-refractivity contribution is 5.33. The van der Waals surface area contributed by atoms with Crippen LogP contribution in [0.1, 0.15) is 19.4 Å². The Morgan fingerprint density at radius 1 is 1.40 bits per heavy atom. The molecule has 0 saturated heterocycles. The van der Waals surface area contributed by atoms with Gasteiger partial charge in [-0.05, 0) is 17.7 Å². The van der Waals surface area contributed by atoms with Crippen LogP contribution < -0.4 is 15.8 Å². The van der Waals surface area contributed by atoms with E-state index in [1.807, 2.05) is 12.1 Å². The van der Waals surface area contributed by atoms with Gasteiger partial charge in [-0.15, -0.1) is 0 Å². The maximum absolute atomic E-state index is 5.43. The Morgan fingerprint density at radius 2 is 2.13 bits per heavy atom. The van der Waals surface area contributed by atoms with Crippen LogP contribution in [0.15, 0.2) is 24.3 Å². The molecule has 0 unspecified atom stereocenters. The van der Waals surface area contributed by atoms with Gasteiger partial charge in [0.15, 0.2) is 0 Å². The van der Waals surface area contributed by atoms with Crippen LogP contribution in [0, 0.1) is 0 Å². The highest BCUT2D eigenvalue weighted by Crippen LogP contribution is 2.25. The first kappa shape index (κ1) is 12.0. The van der Waals surface area contributed by atoms with Crippen LogP contribution in [0.3, 0.4) is 0 Å². The van der Waals surface area contributed by atoms with Crippen molar-refractivity contribution in [2.75, 3.05) is 20.3 Å². The molecule has 0 atom stereocenters. The van der Waals surface area contributed by atoms with Crippen LogP contribution >= 0.6 is 0 Å². The number of hydrogen-bond acceptors (Lipinski definition) is 3. The second-order valence-electron chi connectivity index (χ2n) is 4.25. The third-order valence-electron chi connectivity index (χ3n) is 2.56. The predicted octanol–water partition coefficient (Wildman–Crippen LogP) is 1.48. The Balaban J connectivity index is 2.83. The largest absolute Gasteiger partial charge is 0.497 e. The molecule has 0 heterocycles. The Kier molecular flexibility index (Phi) is 4.12. The van der Waals surface area contributed by atoms with E-state index in [2.05, 4.69) is 31.3 Å². The minimum Gasteiger partial charge on any atom is -0.497 e. The Morgan fingerprint density at radius 3 is 2.73 bits per heavy atom. The molecular formula is C12H20N2O. The molecule has 3 heteroatoms. The SMILES string of the molecule is COc1cccc(C(C)(C)CNCN)c1. The van der Waals surface area contributed by atoms with Crippen molar-refractivity contribution in [2.24, 2.45) is 5.73 Å². The molecule has 1 aromatic carbocycles. The summed E-state index contributed by atoms with van der Waals surface area (Å²) < 4.78 is 5.21. The number of benzene rings is 1. The second kappa shape index (κ2) is 5.14. The molecule has 0 aliphatic heterocycles. The molecule has 0 aliphatic rings. The van der Waals surface area contributed by atoms with Crippen molar-refractivity contribution in [2.45, 2.75) is 19.3 Å². The molecule has 0 aromatic heterocycles. The lowest BCUT2D eigenvalue weighted by molar-refractivity contribution is 0.410. The van der Waals surface area contributed by atoms with Crippen molar-refractivity contribution < 1.29 is 4.74 Å². The zero-order valence-corrected chi connectivity index (χ0v) is 9.71. The highest BCUT2D eigenvalue weighted by atomic mass is 16.5. The van der Waals surface area contributed by atoms with Crippen molar-refractivity contribution in [3.8, 4) is 5.75 Å². The number of ether oxygens (including phenoxy) is 1. The third kappa shape index (κ3) is 3.22. The van der Waals surface area contributed by atoms with Crippen molar-refractivity contribution in [3.63, 3.8) is 0 Å². The summed E-state index contributed by atoms with van der Waals surface area (Å²) in [5.74, 6) is 0.897. The first-order valence-corrected chi connectivity index (χ1v) is 5.15. The van der Waals surface area contributed by atoms with E-state index >= 15 is 0 Å². The highest BCUT2D eigenvalue weighted by Gasteiger charge is 2.20. The van der Waals surface area contributed by atoms with E-state index in [0.717, 1.165) is 12.3 Å². The fourth-order valence-corrected chi connectivity index (χ4v) is 1.53. The summed E-state index contributed by atoms with van der Waals surface area (Å²) in [6, 6.07) is 8.15. The van der Waals surface area contributed by atoms with Crippen LogP contribution in [0.2, 0.25) is 0 Å². The van der Waals surface area contributed by atoms with Crippen LogP contribution in [0.5, 0.6) is 5.75 Å². The molecule has 3 nitrogen and oxygen atoms in total. The lowest BCUT2D eigenvalue weighted by Gasteiger charge is -2.25. The number of nitrogens with two attached hydrogens (primary N) is 1. The average molecular weight is 208 g/mol. The molecule has 84 valence electrons. The molecule has 0 amide bonds. The van der Waals surface area contributed by atoms with E-state index in [1.54, 1.807) is 7.11 Å². The molecule has 0 fully saturated rings. The van der Waals surface area contributed by atoms with Gasteiger partial charge in [0.1, 0.15) is 5.75 Å². The molecule has 0 spiro atoms. The molecule has 3 N–H and O–H groups in total. The van der Waals surface area contributed by atoms with Gasteiger partial charge in [-0.25, -0.2) is 0 Å². The summed E-state index contributed by atoms with van der Waals surface area (Å²) in [4.78, 5) is 0. The lowest BCUT2D eigenvalue weighted by atomic mass is 9.84. The van der Waals surface area contributed by atoms with Gasteiger partial charge in [-0.1, -0.05) is 26.0 Å². The summed E-state index contributed by atoms with van der Waals surface area (Å²) in [5, 5.41) is 3.16.